The lowest BCUT2D eigenvalue weighted by atomic mass is 9.89. The molecule has 0 aliphatic carbocycles. The maximum atomic E-state index is 16.6. The summed E-state index contributed by atoms with van der Waals surface area (Å²) in [6.07, 6.45) is 2.16. The first-order valence-electron chi connectivity index (χ1n) is 11.7. The van der Waals surface area contributed by atoms with E-state index in [1.54, 1.807) is 13.0 Å². The maximum Gasteiger partial charge on any atom is 0.738 e. The lowest BCUT2D eigenvalue weighted by molar-refractivity contribution is -0.361. The predicted molar refractivity (Wildman–Crippen MR) is 146 cm³/mol. The molecule has 0 saturated heterocycles. The maximum absolute atomic E-state index is 16.6. The molecule has 3 aromatic heterocycles. The molecule has 0 amide bonds. The summed E-state index contributed by atoms with van der Waals surface area (Å²) in [7, 11) is 1.32. The summed E-state index contributed by atoms with van der Waals surface area (Å²) < 4.78 is 40.2. The molecule has 0 aromatic carbocycles. The molecule has 0 radical (unpaired) electrons. The van der Waals surface area contributed by atoms with Crippen LogP contribution in [0.2, 0.25) is 0 Å². The fourth-order valence-electron chi connectivity index (χ4n) is 4.75. The van der Waals surface area contributed by atoms with Crippen molar-refractivity contribution in [3.05, 3.63) is 84.1 Å². The highest BCUT2D eigenvalue weighted by Crippen LogP contribution is 2.40. The minimum Gasteiger partial charge on any atom is -0.469 e. The van der Waals surface area contributed by atoms with Gasteiger partial charge in [0.2, 0.25) is 5.71 Å². The molecule has 4 nitrogen and oxygen atoms in total. The van der Waals surface area contributed by atoms with Gasteiger partial charge in [0.1, 0.15) is 0 Å². The summed E-state index contributed by atoms with van der Waals surface area (Å²) in [4.78, 5) is 13.5. The highest BCUT2D eigenvalue weighted by atomic mass is 32.1. The van der Waals surface area contributed by atoms with Gasteiger partial charge in [-0.05, 0) is 79.0 Å². The number of fused-ring (bicyclic) bond motifs is 2. The van der Waals surface area contributed by atoms with Gasteiger partial charge in [0.15, 0.2) is 5.70 Å². The molecule has 0 fully saturated rings. The number of thiophene rings is 2. The van der Waals surface area contributed by atoms with Gasteiger partial charge in [0.05, 0.1) is 22.6 Å². The Bertz CT molecular complexity index is 1630. The van der Waals surface area contributed by atoms with Gasteiger partial charge in [-0.15, -0.1) is 22.7 Å². The first-order chi connectivity index (χ1) is 17.7. The highest BCUT2D eigenvalue weighted by Gasteiger charge is 2.55. The topological polar surface area (TPSA) is 34.2 Å². The molecule has 37 heavy (non-hydrogen) atoms. The number of ether oxygens (including phenoxy) is 1. The number of esters is 1. The SMILES string of the molecule is COC(=O)CCc1c(C)c(C#Cc2cccs2)n2c1C=C1C(C)=C(C)C(C#Cc3cccs3)=[N+]1[B-]2(F)F. The molecular formula is C28H23BF2N2O2S2. The second kappa shape index (κ2) is 9.66. The molecule has 0 saturated carbocycles. The second-order valence-corrected chi connectivity index (χ2v) is 10.7. The largest absolute Gasteiger partial charge is 0.738 e. The Morgan fingerprint density at radius 2 is 1.68 bits per heavy atom. The quantitative estimate of drug-likeness (QED) is 0.241. The Morgan fingerprint density at radius 1 is 1.03 bits per heavy atom. The average Bonchev–Trinajstić information content (AvgIpc) is 3.66. The zero-order chi connectivity index (χ0) is 26.3. The smallest absolute Gasteiger partial charge is 0.469 e. The molecule has 0 bridgehead atoms. The Hall–Kier alpha value is -3.66. The molecule has 186 valence electrons. The number of halogens is 2. The van der Waals surface area contributed by atoms with Crippen LogP contribution in [-0.2, 0) is 16.0 Å². The molecule has 9 heteroatoms. The number of nitrogens with zero attached hydrogens (tertiary/aromatic N) is 2. The van der Waals surface area contributed by atoms with Gasteiger partial charge < -0.3 is 22.3 Å². The Kier molecular flexibility index (Phi) is 6.53. The third kappa shape index (κ3) is 4.29. The minimum absolute atomic E-state index is 0.0924. The van der Waals surface area contributed by atoms with E-state index < -0.39 is 6.97 Å². The van der Waals surface area contributed by atoms with Crippen molar-refractivity contribution >= 4 is 47.4 Å². The summed E-state index contributed by atoms with van der Waals surface area (Å²) in [6, 6.07) is 7.49. The first-order valence-corrected chi connectivity index (χ1v) is 13.5. The van der Waals surface area contributed by atoms with Crippen LogP contribution >= 0.6 is 22.7 Å². The molecule has 0 atom stereocenters. The zero-order valence-electron chi connectivity index (χ0n) is 20.8. The van der Waals surface area contributed by atoms with E-state index in [2.05, 4.69) is 23.7 Å². The van der Waals surface area contributed by atoms with E-state index in [9.17, 15) is 4.79 Å². The Labute approximate surface area is 222 Å². The summed E-state index contributed by atoms with van der Waals surface area (Å²) in [5, 5.41) is 3.81. The van der Waals surface area contributed by atoms with Gasteiger partial charge in [0, 0.05) is 35.3 Å². The molecule has 3 aromatic rings. The zero-order valence-corrected chi connectivity index (χ0v) is 22.4. The first kappa shape index (κ1) is 25.0. The van der Waals surface area contributed by atoms with Gasteiger partial charge in [-0.3, -0.25) is 4.79 Å². The summed E-state index contributed by atoms with van der Waals surface area (Å²) in [5.74, 6) is 11.7. The van der Waals surface area contributed by atoms with Crippen molar-refractivity contribution in [2.45, 2.75) is 33.6 Å². The predicted octanol–water partition coefficient (Wildman–Crippen LogP) is 5.86. The third-order valence-corrected chi connectivity index (χ3v) is 8.34. The second-order valence-electron chi connectivity index (χ2n) is 8.82. The molecule has 5 heterocycles. The van der Waals surface area contributed by atoms with Crippen LogP contribution in [0.4, 0.5) is 8.63 Å². The summed E-state index contributed by atoms with van der Waals surface area (Å²) >= 11 is 2.92. The van der Waals surface area contributed by atoms with Crippen LogP contribution in [0, 0.1) is 30.6 Å². The van der Waals surface area contributed by atoms with Crippen molar-refractivity contribution < 1.29 is 22.6 Å². The van der Waals surface area contributed by atoms with Gasteiger partial charge in [-0.1, -0.05) is 12.1 Å². The molecule has 0 N–H and O–H groups in total. The monoisotopic (exact) mass is 532 g/mol. The van der Waals surface area contributed by atoms with E-state index in [0.717, 1.165) is 29.9 Å². The molecule has 2 aliphatic rings. The summed E-state index contributed by atoms with van der Waals surface area (Å²) in [6.45, 7) is 1.15. The normalized spacial score (nSPS) is 15.4. The highest BCUT2D eigenvalue weighted by molar-refractivity contribution is 7.10. The molecule has 2 aliphatic heterocycles. The molecular weight excluding hydrogens is 509 g/mol. The lowest BCUT2D eigenvalue weighted by Gasteiger charge is -2.30. The number of hydrogen-bond donors (Lipinski definition) is 0. The minimum atomic E-state index is -4.32. The molecule has 0 unspecified atom stereocenters. The van der Waals surface area contributed by atoms with Gasteiger partial charge in [-0.25, -0.2) is 0 Å². The van der Waals surface area contributed by atoms with Crippen LogP contribution in [-0.4, -0.2) is 34.7 Å². The number of rotatable bonds is 3. The van der Waals surface area contributed by atoms with E-state index in [1.807, 2.05) is 48.9 Å². The van der Waals surface area contributed by atoms with E-state index in [0.29, 0.717) is 28.2 Å². The fraction of sp³-hybridized carbons (Fsp3) is 0.214. The van der Waals surface area contributed by atoms with Crippen LogP contribution in [0.1, 0.15) is 52.5 Å². The summed E-state index contributed by atoms with van der Waals surface area (Å²) in [5.41, 5.74) is 4.16. The van der Waals surface area contributed by atoms with E-state index in [4.69, 9.17) is 4.74 Å². The number of allylic oxidation sites excluding steroid dienone is 2. The van der Waals surface area contributed by atoms with Crippen LogP contribution < -0.4 is 0 Å². The number of carbonyl (C=O) groups is 1. The van der Waals surface area contributed by atoms with Crippen LogP contribution in [0.15, 0.2) is 51.9 Å². The van der Waals surface area contributed by atoms with Gasteiger partial charge in [-0.2, -0.15) is 0 Å². The molecule has 5 rings (SSSR count). The standard InChI is InChI=1S/C28H23BF2N2O2S2/c1-18-19(2)26-17-27-23(11-14-28(34)35-4)20(3)25(13-10-22-8-6-16-37-22)33(27)29(30,31)32(26)24(18)12-9-21-7-5-15-36-21/h5-8,15-17H,11,14H2,1-4H3. The van der Waals surface area contributed by atoms with E-state index in [1.165, 1.54) is 29.8 Å². The van der Waals surface area contributed by atoms with Crippen LogP contribution in [0.25, 0.3) is 6.08 Å². The average molecular weight is 532 g/mol. The van der Waals surface area contributed by atoms with Crippen molar-refractivity contribution in [1.82, 2.24) is 4.48 Å². The van der Waals surface area contributed by atoms with E-state index in [-0.39, 0.29) is 24.5 Å². The molecule has 0 spiro atoms. The van der Waals surface area contributed by atoms with Crippen molar-refractivity contribution in [3.63, 3.8) is 0 Å². The van der Waals surface area contributed by atoms with Crippen molar-refractivity contribution in [2.24, 2.45) is 0 Å². The van der Waals surface area contributed by atoms with Crippen molar-refractivity contribution in [1.29, 1.82) is 0 Å². The van der Waals surface area contributed by atoms with Crippen molar-refractivity contribution in [2.75, 3.05) is 7.11 Å². The fourth-order valence-corrected chi connectivity index (χ4v) is 5.89. The van der Waals surface area contributed by atoms with Crippen LogP contribution in [0.3, 0.4) is 0 Å². The van der Waals surface area contributed by atoms with Gasteiger partial charge in [0.25, 0.3) is 0 Å². The van der Waals surface area contributed by atoms with E-state index >= 15 is 8.63 Å². The van der Waals surface area contributed by atoms with Crippen LogP contribution in [0.5, 0.6) is 0 Å². The lowest BCUT2D eigenvalue weighted by Crippen LogP contribution is -2.51. The number of hydrogen-bond acceptors (Lipinski definition) is 4. The third-order valence-electron chi connectivity index (χ3n) is 6.77. The number of aromatic nitrogens is 1. The number of methoxy groups -OCH3 is 1. The Morgan fingerprint density at radius 3 is 2.27 bits per heavy atom. The Balaban J connectivity index is 1.74. The van der Waals surface area contributed by atoms with Gasteiger partial charge >= 0.3 is 12.9 Å². The van der Waals surface area contributed by atoms with Crippen molar-refractivity contribution in [3.8, 4) is 23.7 Å². The number of carbonyl (C=O) groups excluding carboxylic acids is 1.